The molecule has 1 aromatic carbocycles. The van der Waals surface area contributed by atoms with Crippen LogP contribution in [0.2, 0.25) is 0 Å². The summed E-state index contributed by atoms with van der Waals surface area (Å²) in [6, 6.07) is 8.17. The van der Waals surface area contributed by atoms with Gasteiger partial charge in [-0.05, 0) is 36.5 Å². The predicted molar refractivity (Wildman–Crippen MR) is 83.9 cm³/mol. The quantitative estimate of drug-likeness (QED) is 0.825. The fourth-order valence-corrected chi connectivity index (χ4v) is 3.80. The summed E-state index contributed by atoms with van der Waals surface area (Å²) in [4.78, 5) is 0.905. The van der Waals surface area contributed by atoms with Crippen LogP contribution in [0.15, 0.2) is 29.2 Å². The maximum atomic E-state index is 12.6. The summed E-state index contributed by atoms with van der Waals surface area (Å²) in [6.45, 7) is 8.52. The lowest BCUT2D eigenvalue weighted by Crippen LogP contribution is -2.37. The summed E-state index contributed by atoms with van der Waals surface area (Å²) in [5.74, 6) is 0.506. The molecule has 0 saturated carbocycles. The van der Waals surface area contributed by atoms with Crippen molar-refractivity contribution in [3.63, 3.8) is 0 Å². The second-order valence-electron chi connectivity index (χ2n) is 5.42. The van der Waals surface area contributed by atoms with Gasteiger partial charge in [-0.1, -0.05) is 46.2 Å². The van der Waals surface area contributed by atoms with Crippen molar-refractivity contribution in [1.82, 2.24) is 0 Å². The molecule has 1 aromatic rings. The van der Waals surface area contributed by atoms with Crippen molar-refractivity contribution in [2.75, 3.05) is 0 Å². The third kappa shape index (κ3) is 4.43. The first-order valence-electron chi connectivity index (χ1n) is 7.27. The zero-order valence-electron chi connectivity index (χ0n) is 12.6. The van der Waals surface area contributed by atoms with E-state index in [1.54, 1.807) is 0 Å². The Kier molecular flexibility index (Phi) is 6.73. The van der Waals surface area contributed by atoms with Crippen LogP contribution in [0.3, 0.4) is 0 Å². The normalized spacial score (nSPS) is 16.3. The van der Waals surface area contributed by atoms with E-state index in [9.17, 15) is 4.21 Å². The molecule has 3 heteroatoms. The Morgan fingerprint density at radius 2 is 1.74 bits per heavy atom. The van der Waals surface area contributed by atoms with Gasteiger partial charge < -0.3 is 5.73 Å². The van der Waals surface area contributed by atoms with Crippen molar-refractivity contribution in [3.8, 4) is 0 Å². The maximum Gasteiger partial charge on any atom is 0.0576 e. The molecule has 0 aliphatic carbocycles. The first-order chi connectivity index (χ1) is 9.01. The number of hydrogen-bond acceptors (Lipinski definition) is 2. The molecule has 0 aliphatic rings. The molecule has 108 valence electrons. The van der Waals surface area contributed by atoms with Gasteiger partial charge in [0, 0.05) is 10.9 Å². The van der Waals surface area contributed by atoms with E-state index in [2.05, 4.69) is 39.8 Å². The number of nitrogens with two attached hydrogens (primary N) is 1. The third-order valence-corrected chi connectivity index (χ3v) is 5.53. The Morgan fingerprint density at radius 1 is 1.16 bits per heavy atom. The molecule has 0 radical (unpaired) electrons. The van der Waals surface area contributed by atoms with Crippen LogP contribution in [0.1, 0.15) is 58.4 Å². The van der Waals surface area contributed by atoms with E-state index in [1.807, 2.05) is 12.1 Å². The molecule has 0 bridgehead atoms. The Morgan fingerprint density at radius 3 is 2.16 bits per heavy atom. The Hall–Kier alpha value is -0.670. The average molecular weight is 281 g/mol. The van der Waals surface area contributed by atoms with E-state index in [4.69, 9.17) is 5.73 Å². The van der Waals surface area contributed by atoms with Gasteiger partial charge in [0.2, 0.25) is 0 Å². The second-order valence-corrected chi connectivity index (χ2v) is 7.09. The molecule has 19 heavy (non-hydrogen) atoms. The Balaban J connectivity index is 2.85. The lowest BCUT2D eigenvalue weighted by Gasteiger charge is -2.22. The van der Waals surface area contributed by atoms with Crippen molar-refractivity contribution in [1.29, 1.82) is 0 Å². The van der Waals surface area contributed by atoms with Crippen LogP contribution in [0.25, 0.3) is 0 Å². The molecule has 0 aliphatic heterocycles. The maximum absolute atomic E-state index is 12.6. The van der Waals surface area contributed by atoms with Crippen molar-refractivity contribution in [2.24, 2.45) is 5.73 Å². The summed E-state index contributed by atoms with van der Waals surface area (Å²) < 4.78 is 12.6. The van der Waals surface area contributed by atoms with Gasteiger partial charge in [0.25, 0.3) is 0 Å². The minimum Gasteiger partial charge on any atom is -0.327 e. The molecule has 1 rings (SSSR count). The number of benzene rings is 1. The largest absolute Gasteiger partial charge is 0.327 e. The molecule has 3 atom stereocenters. The van der Waals surface area contributed by atoms with E-state index < -0.39 is 10.8 Å². The monoisotopic (exact) mass is 281 g/mol. The van der Waals surface area contributed by atoms with Crippen LogP contribution in [0.5, 0.6) is 0 Å². The summed E-state index contributed by atoms with van der Waals surface area (Å²) in [5, 5.41) is 0.0600. The molecule has 0 spiro atoms. The summed E-state index contributed by atoms with van der Waals surface area (Å²) >= 11 is 0. The minimum atomic E-state index is -0.999. The van der Waals surface area contributed by atoms with Crippen molar-refractivity contribution in [2.45, 2.75) is 69.1 Å². The topological polar surface area (TPSA) is 43.1 Å². The van der Waals surface area contributed by atoms with E-state index in [0.29, 0.717) is 5.92 Å². The lowest BCUT2D eigenvalue weighted by atomic mass is 10.0. The highest BCUT2D eigenvalue weighted by Crippen LogP contribution is 2.21. The SMILES string of the molecule is CCCC(N)C(CC)S(=O)c1ccc(C(C)C)cc1. The molecule has 0 amide bonds. The van der Waals surface area contributed by atoms with E-state index >= 15 is 0 Å². The van der Waals surface area contributed by atoms with Crippen molar-refractivity contribution < 1.29 is 4.21 Å². The minimum absolute atomic E-state index is 0.0283. The standard InChI is InChI=1S/C16H27NOS/c1-5-7-15(17)16(6-2)19(18)14-10-8-13(9-11-14)12(3)4/h8-12,15-16H,5-7,17H2,1-4H3. The zero-order valence-corrected chi connectivity index (χ0v) is 13.4. The van der Waals surface area contributed by atoms with Crippen LogP contribution in [-0.2, 0) is 10.8 Å². The molecular weight excluding hydrogens is 254 g/mol. The first-order valence-corrected chi connectivity index (χ1v) is 8.48. The molecule has 0 fully saturated rings. The molecular formula is C16H27NOS. The predicted octanol–water partition coefficient (Wildman–Crippen LogP) is 3.82. The van der Waals surface area contributed by atoms with Crippen molar-refractivity contribution in [3.05, 3.63) is 29.8 Å². The lowest BCUT2D eigenvalue weighted by molar-refractivity contribution is 0.550. The Bertz CT molecular complexity index is 400. The highest BCUT2D eigenvalue weighted by molar-refractivity contribution is 7.85. The average Bonchev–Trinajstić information content (AvgIpc) is 2.39. The Labute approximate surface area is 120 Å². The van der Waals surface area contributed by atoms with E-state index in [1.165, 1.54) is 5.56 Å². The highest BCUT2D eigenvalue weighted by Gasteiger charge is 2.23. The van der Waals surface area contributed by atoms with Gasteiger partial charge in [-0.3, -0.25) is 4.21 Å². The van der Waals surface area contributed by atoms with Gasteiger partial charge in [-0.25, -0.2) is 0 Å². The number of hydrogen-bond donors (Lipinski definition) is 1. The molecule has 0 aromatic heterocycles. The molecule has 3 unspecified atom stereocenters. The van der Waals surface area contributed by atoms with Gasteiger partial charge in [0.05, 0.1) is 16.0 Å². The summed E-state index contributed by atoms with van der Waals surface area (Å²) in [5.41, 5.74) is 7.45. The van der Waals surface area contributed by atoms with Crippen LogP contribution >= 0.6 is 0 Å². The van der Waals surface area contributed by atoms with E-state index in [0.717, 1.165) is 24.2 Å². The van der Waals surface area contributed by atoms with E-state index in [-0.39, 0.29) is 11.3 Å². The molecule has 0 heterocycles. The van der Waals surface area contributed by atoms with Crippen molar-refractivity contribution >= 4 is 10.8 Å². The molecule has 2 nitrogen and oxygen atoms in total. The zero-order chi connectivity index (χ0) is 14.4. The molecule has 2 N–H and O–H groups in total. The fraction of sp³-hybridized carbons (Fsp3) is 0.625. The fourth-order valence-electron chi connectivity index (χ4n) is 2.29. The third-order valence-electron chi connectivity index (χ3n) is 3.56. The summed E-state index contributed by atoms with van der Waals surface area (Å²) in [7, 11) is -0.999. The van der Waals surface area contributed by atoms with Gasteiger partial charge in [-0.15, -0.1) is 0 Å². The van der Waals surface area contributed by atoms with Gasteiger partial charge >= 0.3 is 0 Å². The first kappa shape index (κ1) is 16.4. The smallest absolute Gasteiger partial charge is 0.0576 e. The van der Waals surface area contributed by atoms with Gasteiger partial charge in [-0.2, -0.15) is 0 Å². The number of rotatable bonds is 7. The highest BCUT2D eigenvalue weighted by atomic mass is 32.2. The van der Waals surface area contributed by atoms with Crippen LogP contribution in [0, 0.1) is 0 Å². The molecule has 0 saturated heterocycles. The van der Waals surface area contributed by atoms with Gasteiger partial charge in [0.15, 0.2) is 0 Å². The van der Waals surface area contributed by atoms with Gasteiger partial charge in [0.1, 0.15) is 0 Å². The van der Waals surface area contributed by atoms with Crippen LogP contribution in [0.4, 0.5) is 0 Å². The van der Waals surface area contributed by atoms with Crippen LogP contribution < -0.4 is 5.73 Å². The van der Waals surface area contributed by atoms with Crippen LogP contribution in [-0.4, -0.2) is 15.5 Å². The second kappa shape index (κ2) is 7.81. The summed E-state index contributed by atoms with van der Waals surface area (Å²) in [6.07, 6.45) is 2.84.